The van der Waals surface area contributed by atoms with Gasteiger partial charge < -0.3 is 19.8 Å². The first-order chi connectivity index (χ1) is 11.6. The summed E-state index contributed by atoms with van der Waals surface area (Å²) < 4.78 is 11.3. The molecule has 0 aliphatic rings. The zero-order chi connectivity index (χ0) is 17.4. The molecule has 2 N–H and O–H groups in total. The lowest BCUT2D eigenvalue weighted by Gasteiger charge is -2.08. The Bertz CT molecular complexity index is 664. The number of carbonyl (C=O) groups excluding carboxylic acids is 1. The number of benzene rings is 1. The van der Waals surface area contributed by atoms with Crippen LogP contribution < -0.4 is 15.4 Å². The van der Waals surface area contributed by atoms with Crippen molar-refractivity contribution in [2.24, 2.45) is 0 Å². The molecule has 2 aromatic rings. The van der Waals surface area contributed by atoms with Crippen LogP contribution in [0.5, 0.6) is 5.75 Å². The molecule has 0 unspecified atom stereocenters. The molecule has 0 fully saturated rings. The van der Waals surface area contributed by atoms with Crippen molar-refractivity contribution < 1.29 is 13.9 Å². The van der Waals surface area contributed by atoms with Crippen LogP contribution in [0.2, 0.25) is 0 Å². The normalized spacial score (nSPS) is 10.6. The fraction of sp³-hybridized carbons (Fsp3) is 0.421. The van der Waals surface area contributed by atoms with Crippen molar-refractivity contribution in [1.82, 2.24) is 10.6 Å². The molecule has 0 radical (unpaired) electrons. The van der Waals surface area contributed by atoms with Crippen LogP contribution in [0.4, 0.5) is 0 Å². The number of ether oxygens (including phenoxy) is 1. The van der Waals surface area contributed by atoms with Crippen LogP contribution in [0.25, 0.3) is 0 Å². The second kappa shape index (κ2) is 9.13. The van der Waals surface area contributed by atoms with E-state index in [0.29, 0.717) is 24.7 Å². The van der Waals surface area contributed by atoms with Crippen molar-refractivity contribution in [2.75, 3.05) is 19.6 Å². The Morgan fingerprint density at radius 3 is 2.71 bits per heavy atom. The largest absolute Gasteiger partial charge is 0.485 e. The highest BCUT2D eigenvalue weighted by Gasteiger charge is 2.11. The zero-order valence-electron chi connectivity index (χ0n) is 14.6. The highest BCUT2D eigenvalue weighted by molar-refractivity contribution is 5.91. The van der Waals surface area contributed by atoms with Crippen molar-refractivity contribution in [2.45, 2.75) is 33.8 Å². The van der Waals surface area contributed by atoms with Crippen LogP contribution >= 0.6 is 0 Å². The summed E-state index contributed by atoms with van der Waals surface area (Å²) in [5, 5.41) is 6.05. The minimum Gasteiger partial charge on any atom is -0.485 e. The molecule has 0 spiro atoms. The van der Waals surface area contributed by atoms with Crippen LogP contribution in [-0.4, -0.2) is 25.5 Å². The molecule has 0 saturated carbocycles. The van der Waals surface area contributed by atoms with Gasteiger partial charge in [0.15, 0.2) is 5.76 Å². The summed E-state index contributed by atoms with van der Waals surface area (Å²) in [6.07, 6.45) is 1.08. The van der Waals surface area contributed by atoms with Crippen LogP contribution in [0.3, 0.4) is 0 Å². The Labute approximate surface area is 143 Å². The van der Waals surface area contributed by atoms with Crippen molar-refractivity contribution >= 4 is 5.91 Å². The highest BCUT2D eigenvalue weighted by Crippen LogP contribution is 2.20. The predicted octanol–water partition coefficient (Wildman–Crippen LogP) is 3.20. The van der Waals surface area contributed by atoms with Gasteiger partial charge in [0.1, 0.15) is 18.1 Å². The van der Waals surface area contributed by atoms with Gasteiger partial charge >= 0.3 is 0 Å². The lowest BCUT2D eigenvalue weighted by Crippen LogP contribution is -2.31. The number of hydrogen-bond acceptors (Lipinski definition) is 4. The second-order valence-electron chi connectivity index (χ2n) is 5.83. The van der Waals surface area contributed by atoms with Gasteiger partial charge in [0.05, 0.1) is 0 Å². The van der Waals surface area contributed by atoms with Gasteiger partial charge in [0, 0.05) is 13.1 Å². The van der Waals surface area contributed by atoms with E-state index in [0.717, 1.165) is 30.8 Å². The number of amides is 1. The fourth-order valence-electron chi connectivity index (χ4n) is 2.34. The molecule has 1 heterocycles. The third-order valence-corrected chi connectivity index (χ3v) is 3.60. The summed E-state index contributed by atoms with van der Waals surface area (Å²) in [7, 11) is 0. The Kier molecular flexibility index (Phi) is 6.88. The Morgan fingerprint density at radius 2 is 1.96 bits per heavy atom. The quantitative estimate of drug-likeness (QED) is 0.693. The first-order valence-corrected chi connectivity index (χ1v) is 8.38. The summed E-state index contributed by atoms with van der Waals surface area (Å²) in [6.45, 7) is 8.75. The van der Waals surface area contributed by atoms with Gasteiger partial charge in [-0.3, -0.25) is 4.79 Å². The Morgan fingerprint density at radius 1 is 1.12 bits per heavy atom. The van der Waals surface area contributed by atoms with Crippen molar-refractivity contribution in [1.29, 1.82) is 0 Å². The first kappa shape index (κ1) is 18.1. The zero-order valence-corrected chi connectivity index (χ0v) is 14.6. The molecule has 0 bridgehead atoms. The smallest absolute Gasteiger partial charge is 0.287 e. The molecular formula is C19H26N2O3. The number of nitrogens with one attached hydrogen (secondary N) is 2. The lowest BCUT2D eigenvalue weighted by atomic mass is 10.1. The monoisotopic (exact) mass is 330 g/mol. The Hall–Kier alpha value is -2.27. The number of rotatable bonds is 9. The second-order valence-corrected chi connectivity index (χ2v) is 5.83. The SMILES string of the molecule is CCCNCCNC(=O)c1ccc(COc2ccc(C)cc2C)o1. The third kappa shape index (κ3) is 5.42. The van der Waals surface area contributed by atoms with Gasteiger partial charge in [-0.15, -0.1) is 0 Å². The molecule has 0 atom stereocenters. The van der Waals surface area contributed by atoms with E-state index in [1.54, 1.807) is 12.1 Å². The maximum atomic E-state index is 12.0. The van der Waals surface area contributed by atoms with Gasteiger partial charge in [-0.25, -0.2) is 0 Å². The van der Waals surface area contributed by atoms with E-state index in [1.165, 1.54) is 5.56 Å². The Balaban J connectivity index is 1.81. The molecule has 0 aliphatic carbocycles. The van der Waals surface area contributed by atoms with Gasteiger partial charge in [-0.2, -0.15) is 0 Å². The average Bonchev–Trinajstić information content (AvgIpc) is 3.03. The third-order valence-electron chi connectivity index (χ3n) is 3.60. The van der Waals surface area contributed by atoms with Crippen LogP contribution in [-0.2, 0) is 6.61 Å². The molecule has 5 nitrogen and oxygen atoms in total. The van der Waals surface area contributed by atoms with Gasteiger partial charge in [-0.05, 0) is 50.6 Å². The summed E-state index contributed by atoms with van der Waals surface area (Å²) in [5.41, 5.74) is 2.28. The molecule has 24 heavy (non-hydrogen) atoms. The van der Waals surface area contributed by atoms with E-state index in [1.807, 2.05) is 26.0 Å². The van der Waals surface area contributed by atoms with Crippen molar-refractivity contribution in [3.63, 3.8) is 0 Å². The minimum atomic E-state index is -0.203. The molecule has 0 aliphatic heterocycles. The molecule has 1 aromatic carbocycles. The highest BCUT2D eigenvalue weighted by atomic mass is 16.5. The van der Waals surface area contributed by atoms with Crippen LogP contribution in [0.1, 0.15) is 40.8 Å². The number of carbonyl (C=O) groups is 1. The number of furan rings is 1. The standard InChI is InChI=1S/C19H26N2O3/c1-4-9-20-10-11-21-19(22)18-8-6-16(24-18)13-23-17-7-5-14(2)12-15(17)3/h5-8,12,20H,4,9-11,13H2,1-3H3,(H,21,22). The van der Waals surface area contributed by atoms with Gasteiger partial charge in [-0.1, -0.05) is 24.6 Å². The molecular weight excluding hydrogens is 304 g/mol. The molecule has 0 saturated heterocycles. The maximum absolute atomic E-state index is 12.0. The molecule has 130 valence electrons. The van der Waals surface area contributed by atoms with E-state index < -0.39 is 0 Å². The van der Waals surface area contributed by atoms with Gasteiger partial charge in [0.2, 0.25) is 0 Å². The minimum absolute atomic E-state index is 0.203. The van der Waals surface area contributed by atoms with Gasteiger partial charge in [0.25, 0.3) is 5.91 Å². The maximum Gasteiger partial charge on any atom is 0.287 e. The van der Waals surface area contributed by atoms with Crippen LogP contribution in [0.15, 0.2) is 34.7 Å². The first-order valence-electron chi connectivity index (χ1n) is 8.38. The summed E-state index contributed by atoms with van der Waals surface area (Å²) >= 11 is 0. The van der Waals surface area contributed by atoms with Crippen LogP contribution in [0, 0.1) is 13.8 Å². The number of aryl methyl sites for hydroxylation is 2. The summed E-state index contributed by atoms with van der Waals surface area (Å²) in [5.74, 6) is 1.56. The van der Waals surface area contributed by atoms with E-state index in [9.17, 15) is 4.79 Å². The van der Waals surface area contributed by atoms with E-state index in [4.69, 9.17) is 9.15 Å². The number of hydrogen-bond donors (Lipinski definition) is 2. The molecule has 2 rings (SSSR count). The van der Waals surface area contributed by atoms with E-state index >= 15 is 0 Å². The molecule has 5 heteroatoms. The van der Waals surface area contributed by atoms with E-state index in [2.05, 4.69) is 23.6 Å². The predicted molar refractivity (Wildman–Crippen MR) is 94.4 cm³/mol. The fourth-order valence-corrected chi connectivity index (χ4v) is 2.34. The van der Waals surface area contributed by atoms with Crippen molar-refractivity contribution in [3.05, 3.63) is 53.0 Å². The molecule has 1 aromatic heterocycles. The van der Waals surface area contributed by atoms with Crippen molar-refractivity contribution in [3.8, 4) is 5.75 Å². The average molecular weight is 330 g/mol. The topological polar surface area (TPSA) is 63.5 Å². The lowest BCUT2D eigenvalue weighted by molar-refractivity contribution is 0.0922. The summed E-state index contributed by atoms with van der Waals surface area (Å²) in [4.78, 5) is 12.0. The molecule has 1 amide bonds. The summed E-state index contributed by atoms with van der Waals surface area (Å²) in [6, 6.07) is 9.48. The van der Waals surface area contributed by atoms with E-state index in [-0.39, 0.29) is 5.91 Å².